The average Bonchev–Trinajstić information content (AvgIpc) is 2.75. The smallest absolute Gasteiger partial charge is 0.255 e. The Labute approximate surface area is 164 Å². The highest BCUT2D eigenvalue weighted by molar-refractivity contribution is 6.05. The van der Waals surface area contributed by atoms with Crippen molar-refractivity contribution in [3.63, 3.8) is 0 Å². The maximum absolute atomic E-state index is 12.4. The quantitative estimate of drug-likeness (QED) is 0.757. The molecule has 1 aliphatic rings. The lowest BCUT2D eigenvalue weighted by Gasteiger charge is -2.35. The molecule has 1 aliphatic heterocycles. The fourth-order valence-electron chi connectivity index (χ4n) is 3.26. The molecule has 1 amide bonds. The second kappa shape index (κ2) is 8.04. The zero-order valence-corrected chi connectivity index (χ0v) is 15.7. The van der Waals surface area contributed by atoms with E-state index in [1.807, 2.05) is 49.4 Å². The van der Waals surface area contributed by atoms with Crippen molar-refractivity contribution in [2.45, 2.75) is 6.92 Å². The first-order valence-corrected chi connectivity index (χ1v) is 9.31. The first-order valence-electron chi connectivity index (χ1n) is 9.31. The van der Waals surface area contributed by atoms with Gasteiger partial charge in [-0.25, -0.2) is 15.0 Å². The molecule has 1 N–H and O–H groups in total. The molecule has 0 aliphatic carbocycles. The number of amides is 1. The number of rotatable bonds is 4. The van der Waals surface area contributed by atoms with E-state index in [0.717, 1.165) is 43.5 Å². The molecule has 0 unspecified atom stereocenters. The predicted octanol–water partition coefficient (Wildman–Crippen LogP) is 2.76. The third-order valence-corrected chi connectivity index (χ3v) is 4.83. The normalized spacial score (nSPS) is 14.0. The van der Waals surface area contributed by atoms with Crippen LogP contribution in [0.5, 0.6) is 0 Å². The third-order valence-electron chi connectivity index (χ3n) is 4.83. The van der Waals surface area contributed by atoms with Gasteiger partial charge in [-0.05, 0) is 36.8 Å². The topological polar surface area (TPSA) is 74.2 Å². The Morgan fingerprint density at radius 1 is 0.893 bits per heavy atom. The van der Waals surface area contributed by atoms with Crippen molar-refractivity contribution >= 4 is 23.4 Å². The Hall–Kier alpha value is -3.48. The number of benzene rings is 1. The van der Waals surface area contributed by atoms with Crippen LogP contribution >= 0.6 is 0 Å². The molecular formula is C21H22N6O. The molecule has 0 bridgehead atoms. The molecule has 3 heterocycles. The standard InChI is InChI=1S/C21H22N6O/c1-16-5-2-3-6-18(16)20(28)25-17-7-8-19(24-15-17)26-11-13-27(14-12-26)21-22-9-4-10-23-21/h2-10,15H,11-14H2,1H3,(H,25,28). The molecule has 7 nitrogen and oxygen atoms in total. The highest BCUT2D eigenvalue weighted by Crippen LogP contribution is 2.18. The zero-order valence-electron chi connectivity index (χ0n) is 15.7. The number of anilines is 3. The van der Waals surface area contributed by atoms with E-state index in [9.17, 15) is 4.79 Å². The van der Waals surface area contributed by atoms with Crippen LogP contribution in [-0.4, -0.2) is 47.0 Å². The van der Waals surface area contributed by atoms with Gasteiger partial charge < -0.3 is 15.1 Å². The molecule has 1 saturated heterocycles. The third kappa shape index (κ3) is 3.93. The van der Waals surface area contributed by atoms with Gasteiger partial charge in [0.1, 0.15) is 5.82 Å². The highest BCUT2D eigenvalue weighted by Gasteiger charge is 2.19. The van der Waals surface area contributed by atoms with Gasteiger partial charge in [0, 0.05) is 44.1 Å². The van der Waals surface area contributed by atoms with Crippen molar-refractivity contribution in [1.29, 1.82) is 0 Å². The number of nitrogens with zero attached hydrogens (tertiary/aromatic N) is 5. The number of aromatic nitrogens is 3. The van der Waals surface area contributed by atoms with E-state index in [1.54, 1.807) is 18.6 Å². The minimum absolute atomic E-state index is 0.121. The van der Waals surface area contributed by atoms with Gasteiger partial charge in [0.2, 0.25) is 5.95 Å². The molecule has 142 valence electrons. The van der Waals surface area contributed by atoms with Gasteiger partial charge >= 0.3 is 0 Å². The summed E-state index contributed by atoms with van der Waals surface area (Å²) < 4.78 is 0. The van der Waals surface area contributed by atoms with E-state index in [4.69, 9.17) is 0 Å². The van der Waals surface area contributed by atoms with E-state index in [1.165, 1.54) is 0 Å². The molecule has 0 spiro atoms. The maximum Gasteiger partial charge on any atom is 0.255 e. The van der Waals surface area contributed by atoms with Crippen molar-refractivity contribution in [2.24, 2.45) is 0 Å². The van der Waals surface area contributed by atoms with E-state index in [2.05, 4.69) is 30.1 Å². The minimum atomic E-state index is -0.121. The van der Waals surface area contributed by atoms with Crippen LogP contribution in [0.25, 0.3) is 0 Å². The zero-order chi connectivity index (χ0) is 19.3. The summed E-state index contributed by atoms with van der Waals surface area (Å²) in [5.41, 5.74) is 2.31. The summed E-state index contributed by atoms with van der Waals surface area (Å²) in [7, 11) is 0. The van der Waals surface area contributed by atoms with Crippen molar-refractivity contribution in [1.82, 2.24) is 15.0 Å². The van der Waals surface area contributed by atoms with Gasteiger partial charge in [0.05, 0.1) is 11.9 Å². The molecule has 2 aromatic heterocycles. The Bertz CT molecular complexity index is 937. The van der Waals surface area contributed by atoms with Gasteiger partial charge in [0.15, 0.2) is 0 Å². The van der Waals surface area contributed by atoms with Crippen molar-refractivity contribution in [2.75, 3.05) is 41.3 Å². The predicted molar refractivity (Wildman–Crippen MR) is 110 cm³/mol. The van der Waals surface area contributed by atoms with Crippen LogP contribution < -0.4 is 15.1 Å². The van der Waals surface area contributed by atoms with E-state index >= 15 is 0 Å². The van der Waals surface area contributed by atoms with Crippen molar-refractivity contribution < 1.29 is 4.79 Å². The molecular weight excluding hydrogens is 352 g/mol. The second-order valence-corrected chi connectivity index (χ2v) is 6.70. The fourth-order valence-corrected chi connectivity index (χ4v) is 3.26. The van der Waals surface area contributed by atoms with Gasteiger partial charge in [-0.1, -0.05) is 18.2 Å². The summed E-state index contributed by atoms with van der Waals surface area (Å²) in [4.78, 5) is 30.0. The lowest BCUT2D eigenvalue weighted by atomic mass is 10.1. The van der Waals surface area contributed by atoms with Crippen LogP contribution in [0, 0.1) is 6.92 Å². The summed E-state index contributed by atoms with van der Waals surface area (Å²) in [6.45, 7) is 5.31. The molecule has 1 fully saturated rings. The first kappa shape index (κ1) is 17.9. The van der Waals surface area contributed by atoms with E-state index in [0.29, 0.717) is 11.3 Å². The number of carbonyl (C=O) groups excluding carboxylic acids is 1. The lowest BCUT2D eigenvalue weighted by Crippen LogP contribution is -2.47. The summed E-state index contributed by atoms with van der Waals surface area (Å²) in [5, 5.41) is 2.91. The monoisotopic (exact) mass is 374 g/mol. The molecule has 0 radical (unpaired) electrons. The Morgan fingerprint density at radius 3 is 2.29 bits per heavy atom. The number of piperazine rings is 1. The maximum atomic E-state index is 12.4. The summed E-state index contributed by atoms with van der Waals surface area (Å²) in [5.74, 6) is 1.55. The van der Waals surface area contributed by atoms with Crippen LogP contribution in [-0.2, 0) is 0 Å². The van der Waals surface area contributed by atoms with Crippen LogP contribution in [0.4, 0.5) is 17.5 Å². The molecule has 4 rings (SSSR count). The highest BCUT2D eigenvalue weighted by atomic mass is 16.1. The van der Waals surface area contributed by atoms with Gasteiger partial charge in [-0.3, -0.25) is 4.79 Å². The minimum Gasteiger partial charge on any atom is -0.353 e. The summed E-state index contributed by atoms with van der Waals surface area (Å²) in [6, 6.07) is 13.2. The van der Waals surface area contributed by atoms with Crippen molar-refractivity contribution in [3.05, 3.63) is 72.2 Å². The number of nitrogens with one attached hydrogen (secondary N) is 1. The van der Waals surface area contributed by atoms with Crippen molar-refractivity contribution in [3.8, 4) is 0 Å². The van der Waals surface area contributed by atoms with Crippen LogP contribution in [0.1, 0.15) is 15.9 Å². The van der Waals surface area contributed by atoms with E-state index < -0.39 is 0 Å². The number of hydrogen-bond donors (Lipinski definition) is 1. The molecule has 7 heteroatoms. The molecule has 3 aromatic rings. The molecule has 0 atom stereocenters. The molecule has 1 aromatic carbocycles. The van der Waals surface area contributed by atoms with Gasteiger partial charge in [0.25, 0.3) is 5.91 Å². The number of aryl methyl sites for hydroxylation is 1. The van der Waals surface area contributed by atoms with E-state index in [-0.39, 0.29) is 5.91 Å². The summed E-state index contributed by atoms with van der Waals surface area (Å²) in [6.07, 6.45) is 5.23. The van der Waals surface area contributed by atoms with Gasteiger partial charge in [-0.2, -0.15) is 0 Å². The Kier molecular flexibility index (Phi) is 5.14. The number of carbonyl (C=O) groups is 1. The van der Waals surface area contributed by atoms with Crippen LogP contribution in [0.2, 0.25) is 0 Å². The van der Waals surface area contributed by atoms with Crippen LogP contribution in [0.3, 0.4) is 0 Å². The van der Waals surface area contributed by atoms with Gasteiger partial charge in [-0.15, -0.1) is 0 Å². The fraction of sp³-hybridized carbons (Fsp3) is 0.238. The largest absolute Gasteiger partial charge is 0.353 e. The lowest BCUT2D eigenvalue weighted by molar-refractivity contribution is 0.102. The summed E-state index contributed by atoms with van der Waals surface area (Å²) >= 11 is 0. The number of pyridine rings is 1. The van der Waals surface area contributed by atoms with Crippen LogP contribution in [0.15, 0.2) is 61.1 Å². The Morgan fingerprint density at radius 2 is 1.61 bits per heavy atom. The first-order chi connectivity index (χ1) is 13.7. The molecule has 0 saturated carbocycles. The SMILES string of the molecule is Cc1ccccc1C(=O)Nc1ccc(N2CCN(c3ncccn3)CC2)nc1. The number of hydrogen-bond acceptors (Lipinski definition) is 6. The Balaban J connectivity index is 1.36. The second-order valence-electron chi connectivity index (χ2n) is 6.70. The average molecular weight is 374 g/mol. The molecule has 28 heavy (non-hydrogen) atoms.